The maximum atomic E-state index is 12.1. The maximum Gasteiger partial charge on any atom is 0.573 e. The van der Waals surface area contributed by atoms with Gasteiger partial charge in [-0.25, -0.2) is 4.98 Å². The third-order valence-electron chi connectivity index (χ3n) is 1.71. The lowest BCUT2D eigenvalue weighted by atomic mass is 10.2. The first-order chi connectivity index (χ1) is 7.91. The molecule has 0 radical (unpaired) electrons. The van der Waals surface area contributed by atoms with Crippen molar-refractivity contribution in [2.24, 2.45) is 0 Å². The van der Waals surface area contributed by atoms with E-state index in [2.05, 4.69) is 9.72 Å². The molecule has 0 fully saturated rings. The number of carbonyl (C=O) groups excluding carboxylic acids is 1. The van der Waals surface area contributed by atoms with Crippen molar-refractivity contribution >= 4 is 17.9 Å². The molecule has 0 aliphatic heterocycles. The summed E-state index contributed by atoms with van der Waals surface area (Å²) in [5.74, 6) is -1.10. The van der Waals surface area contributed by atoms with Gasteiger partial charge in [-0.05, 0) is 0 Å². The van der Waals surface area contributed by atoms with Gasteiger partial charge in [0, 0.05) is 6.07 Å². The number of hydrogen-bond donors (Lipinski definition) is 0. The molecule has 4 nitrogen and oxygen atoms in total. The number of alkyl halides is 4. The van der Waals surface area contributed by atoms with Crippen LogP contribution in [0, 0.1) is 0 Å². The van der Waals surface area contributed by atoms with Crippen LogP contribution in [0.3, 0.4) is 0 Å². The molecule has 0 N–H and O–H groups in total. The van der Waals surface area contributed by atoms with E-state index in [-0.39, 0.29) is 23.0 Å². The summed E-state index contributed by atoms with van der Waals surface area (Å²) in [5.41, 5.74) is -0.223. The van der Waals surface area contributed by atoms with Gasteiger partial charge in [-0.15, -0.1) is 24.8 Å². The summed E-state index contributed by atoms with van der Waals surface area (Å²) in [6.45, 7) is 0. The number of aromatic nitrogens is 1. The van der Waals surface area contributed by atoms with Crippen LogP contribution in [-0.2, 0) is 5.88 Å². The van der Waals surface area contributed by atoms with Crippen LogP contribution < -0.4 is 9.47 Å². The van der Waals surface area contributed by atoms with E-state index in [4.69, 9.17) is 16.3 Å². The third kappa shape index (κ3) is 3.48. The maximum absolute atomic E-state index is 12.1. The van der Waals surface area contributed by atoms with Gasteiger partial charge in [0.25, 0.3) is 0 Å². The number of ether oxygens (including phenoxy) is 2. The summed E-state index contributed by atoms with van der Waals surface area (Å²) in [4.78, 5) is 14.2. The van der Waals surface area contributed by atoms with Crippen LogP contribution in [-0.4, -0.2) is 24.7 Å². The zero-order chi connectivity index (χ0) is 13.1. The Balaban J connectivity index is 3.29. The lowest BCUT2D eigenvalue weighted by Gasteiger charge is -2.14. The van der Waals surface area contributed by atoms with Gasteiger partial charge >= 0.3 is 6.36 Å². The van der Waals surface area contributed by atoms with E-state index in [0.717, 1.165) is 13.2 Å². The Kier molecular flexibility index (Phi) is 4.17. The predicted molar refractivity (Wildman–Crippen MR) is 52.4 cm³/mol. The van der Waals surface area contributed by atoms with Crippen molar-refractivity contribution in [3.05, 3.63) is 17.5 Å². The molecular weight excluding hydrogens is 263 g/mol. The van der Waals surface area contributed by atoms with Gasteiger partial charge in [0.2, 0.25) is 0 Å². The van der Waals surface area contributed by atoms with E-state index in [1.165, 1.54) is 0 Å². The van der Waals surface area contributed by atoms with E-state index >= 15 is 0 Å². The van der Waals surface area contributed by atoms with Crippen molar-refractivity contribution in [2.75, 3.05) is 7.11 Å². The first-order valence-corrected chi connectivity index (χ1v) is 4.79. The van der Waals surface area contributed by atoms with E-state index < -0.39 is 12.1 Å². The first kappa shape index (κ1) is 13.6. The molecule has 0 aliphatic rings. The van der Waals surface area contributed by atoms with Crippen molar-refractivity contribution < 1.29 is 27.4 Å². The number of nitrogens with zero attached hydrogens (tertiary/aromatic N) is 1. The van der Waals surface area contributed by atoms with Gasteiger partial charge in [-0.1, -0.05) is 0 Å². The lowest BCUT2D eigenvalue weighted by Crippen LogP contribution is -2.18. The molecule has 0 spiro atoms. The fraction of sp³-hybridized carbons (Fsp3) is 0.333. The first-order valence-electron chi connectivity index (χ1n) is 4.26. The second-order valence-corrected chi connectivity index (χ2v) is 3.09. The molecule has 0 saturated carbocycles. The lowest BCUT2D eigenvalue weighted by molar-refractivity contribution is -0.275. The number of halogens is 4. The average molecular weight is 270 g/mol. The Labute approximate surface area is 99.3 Å². The molecule has 1 aromatic rings. The Morgan fingerprint density at radius 3 is 2.59 bits per heavy atom. The minimum Gasteiger partial charge on any atom is -0.491 e. The normalized spacial score (nSPS) is 11.1. The Bertz CT molecular complexity index is 423. The van der Waals surface area contributed by atoms with Crippen molar-refractivity contribution in [2.45, 2.75) is 12.2 Å². The molecule has 0 saturated heterocycles. The Morgan fingerprint density at radius 1 is 1.53 bits per heavy atom. The van der Waals surface area contributed by atoms with Crippen LogP contribution in [0.1, 0.15) is 16.2 Å². The summed E-state index contributed by atoms with van der Waals surface area (Å²) in [6.07, 6.45) is -4.60. The minimum atomic E-state index is -4.89. The van der Waals surface area contributed by atoms with E-state index in [1.807, 2.05) is 0 Å². The smallest absolute Gasteiger partial charge is 0.491 e. The van der Waals surface area contributed by atoms with Gasteiger partial charge in [-0.3, -0.25) is 4.79 Å². The summed E-state index contributed by atoms with van der Waals surface area (Å²) < 4.78 is 44.8. The second kappa shape index (κ2) is 5.22. The largest absolute Gasteiger partial charge is 0.573 e. The summed E-state index contributed by atoms with van der Waals surface area (Å²) >= 11 is 5.49. The van der Waals surface area contributed by atoms with Gasteiger partial charge in [0.15, 0.2) is 17.8 Å². The number of hydrogen-bond acceptors (Lipinski definition) is 4. The van der Waals surface area contributed by atoms with Gasteiger partial charge in [-0.2, -0.15) is 0 Å². The zero-order valence-electron chi connectivity index (χ0n) is 8.55. The summed E-state index contributed by atoms with van der Waals surface area (Å²) in [6, 6.07) is 0.829. The molecule has 1 aromatic heterocycles. The molecule has 0 bridgehead atoms. The SMILES string of the molecule is COc1c(OC(F)(F)F)cc(C=O)nc1CCl. The van der Waals surface area contributed by atoms with Gasteiger partial charge < -0.3 is 9.47 Å². The van der Waals surface area contributed by atoms with Crippen molar-refractivity contribution in [1.29, 1.82) is 0 Å². The number of pyridine rings is 1. The molecule has 0 atom stereocenters. The Hall–Kier alpha value is -1.50. The fourth-order valence-electron chi connectivity index (χ4n) is 1.15. The highest BCUT2D eigenvalue weighted by Crippen LogP contribution is 2.35. The number of methoxy groups -OCH3 is 1. The van der Waals surface area contributed by atoms with E-state index in [1.54, 1.807) is 0 Å². The van der Waals surface area contributed by atoms with Crippen molar-refractivity contribution in [3.8, 4) is 11.5 Å². The highest BCUT2D eigenvalue weighted by Gasteiger charge is 2.33. The summed E-state index contributed by atoms with van der Waals surface area (Å²) in [5, 5.41) is 0. The highest BCUT2D eigenvalue weighted by molar-refractivity contribution is 6.17. The van der Waals surface area contributed by atoms with Crippen molar-refractivity contribution in [1.82, 2.24) is 4.98 Å². The molecule has 8 heteroatoms. The van der Waals surface area contributed by atoms with Crippen LogP contribution in [0.4, 0.5) is 13.2 Å². The molecular formula is C9H7ClF3NO3. The van der Waals surface area contributed by atoms with E-state index in [0.29, 0.717) is 6.29 Å². The van der Waals surface area contributed by atoms with Crippen LogP contribution in [0.25, 0.3) is 0 Å². The molecule has 17 heavy (non-hydrogen) atoms. The predicted octanol–water partition coefficient (Wildman–Crippen LogP) is 2.54. The molecule has 0 amide bonds. The second-order valence-electron chi connectivity index (χ2n) is 2.82. The van der Waals surface area contributed by atoms with Crippen LogP contribution in [0.15, 0.2) is 6.07 Å². The molecule has 0 unspecified atom stereocenters. The number of aldehydes is 1. The van der Waals surface area contributed by atoms with Gasteiger partial charge in [0.05, 0.1) is 13.0 Å². The molecule has 0 aliphatic carbocycles. The standard InChI is InChI=1S/C9H7ClF3NO3/c1-16-8-6(3-10)14-5(4-15)2-7(8)17-9(11,12)13/h2,4H,3H2,1H3. The number of rotatable bonds is 4. The average Bonchev–Trinajstić information content (AvgIpc) is 2.25. The molecule has 94 valence electrons. The third-order valence-corrected chi connectivity index (χ3v) is 1.96. The van der Waals surface area contributed by atoms with E-state index in [9.17, 15) is 18.0 Å². The molecule has 1 heterocycles. The topological polar surface area (TPSA) is 48.4 Å². The van der Waals surface area contributed by atoms with Crippen LogP contribution in [0.5, 0.6) is 11.5 Å². The Morgan fingerprint density at radius 2 is 2.18 bits per heavy atom. The minimum absolute atomic E-state index is 0.00184. The fourth-order valence-corrected chi connectivity index (χ4v) is 1.33. The molecule has 0 aromatic carbocycles. The van der Waals surface area contributed by atoms with Crippen LogP contribution in [0.2, 0.25) is 0 Å². The zero-order valence-corrected chi connectivity index (χ0v) is 9.30. The summed E-state index contributed by atoms with van der Waals surface area (Å²) in [7, 11) is 1.15. The number of carbonyl (C=O) groups is 1. The van der Waals surface area contributed by atoms with Gasteiger partial charge in [0.1, 0.15) is 11.4 Å². The van der Waals surface area contributed by atoms with Crippen LogP contribution >= 0.6 is 11.6 Å². The van der Waals surface area contributed by atoms with Crippen molar-refractivity contribution in [3.63, 3.8) is 0 Å². The molecule has 1 rings (SSSR count). The highest BCUT2D eigenvalue weighted by atomic mass is 35.5. The monoisotopic (exact) mass is 269 g/mol. The quantitative estimate of drug-likeness (QED) is 0.622.